The summed E-state index contributed by atoms with van der Waals surface area (Å²) in [4.78, 5) is 16.2. The van der Waals surface area contributed by atoms with E-state index in [1.165, 1.54) is 0 Å². The molecule has 2 N–H and O–H groups in total. The highest BCUT2D eigenvalue weighted by Gasteiger charge is 2.24. The van der Waals surface area contributed by atoms with Crippen molar-refractivity contribution in [1.82, 2.24) is 9.55 Å². The Morgan fingerprint density at radius 1 is 0.971 bits per heavy atom. The van der Waals surface area contributed by atoms with Gasteiger partial charge in [-0.2, -0.15) is 0 Å². The maximum Gasteiger partial charge on any atom is 0.419 e. The zero-order valence-corrected chi connectivity index (χ0v) is 19.3. The van der Waals surface area contributed by atoms with Gasteiger partial charge in [0.1, 0.15) is 18.0 Å². The lowest BCUT2D eigenvalue weighted by Crippen LogP contribution is -2.27. The molecule has 5 rings (SSSR count). The van der Waals surface area contributed by atoms with Gasteiger partial charge in [0, 0.05) is 22.5 Å². The molecule has 34 heavy (non-hydrogen) atoms. The van der Waals surface area contributed by atoms with Crippen LogP contribution in [0.4, 0.5) is 4.79 Å². The zero-order valence-electron chi connectivity index (χ0n) is 19.3. The number of nitrogens with one attached hydrogen (secondary N) is 1. The molecule has 0 aliphatic carbocycles. The summed E-state index contributed by atoms with van der Waals surface area (Å²) in [6.45, 7) is 5.96. The Bertz CT molecular complexity index is 1490. The van der Waals surface area contributed by atoms with Crippen LogP contribution in [0.2, 0.25) is 0 Å². The molecule has 0 atom stereocenters. The smallest absolute Gasteiger partial charge is 0.419 e. The molecule has 0 amide bonds. The van der Waals surface area contributed by atoms with E-state index in [1.54, 1.807) is 10.8 Å². The van der Waals surface area contributed by atoms with Crippen LogP contribution in [0.5, 0.6) is 11.6 Å². The van der Waals surface area contributed by atoms with Crippen molar-refractivity contribution in [2.75, 3.05) is 0 Å². The number of fused-ring (bicyclic) bond motifs is 2. The number of aromatic nitrogens is 2. The first-order chi connectivity index (χ1) is 16.3. The number of hydrogen-bond donors (Lipinski definition) is 2. The van der Waals surface area contributed by atoms with Crippen molar-refractivity contribution < 1.29 is 19.4 Å². The molecule has 3 aromatic carbocycles. The molecule has 5 aromatic rings. The SMILES string of the molecule is CC(C)(C)OC(=O)n1c(-c2cccc3c[nH]c(O)c23)cc2cc(OCc3ccccc3)ccc21. The quantitative estimate of drug-likeness (QED) is 0.311. The molecule has 172 valence electrons. The summed E-state index contributed by atoms with van der Waals surface area (Å²) >= 11 is 0. The van der Waals surface area contributed by atoms with Gasteiger partial charge < -0.3 is 19.6 Å². The van der Waals surface area contributed by atoms with E-state index in [-0.39, 0.29) is 5.88 Å². The fourth-order valence-corrected chi connectivity index (χ4v) is 4.11. The topological polar surface area (TPSA) is 76.5 Å². The van der Waals surface area contributed by atoms with Gasteiger partial charge in [-0.15, -0.1) is 0 Å². The van der Waals surface area contributed by atoms with Gasteiger partial charge in [-0.1, -0.05) is 48.5 Å². The average Bonchev–Trinajstić information content (AvgIpc) is 3.38. The molecule has 0 fully saturated rings. The van der Waals surface area contributed by atoms with Crippen molar-refractivity contribution in [3.8, 4) is 22.9 Å². The van der Waals surface area contributed by atoms with Crippen LogP contribution in [-0.2, 0) is 11.3 Å². The third-order valence-electron chi connectivity index (χ3n) is 5.57. The van der Waals surface area contributed by atoms with E-state index in [2.05, 4.69) is 4.98 Å². The van der Waals surface area contributed by atoms with E-state index in [0.717, 1.165) is 21.9 Å². The Labute approximate surface area is 197 Å². The minimum absolute atomic E-state index is 0.0541. The molecule has 2 aromatic heterocycles. The predicted octanol–water partition coefficient (Wildman–Crippen LogP) is 6.86. The second kappa shape index (κ2) is 8.30. The van der Waals surface area contributed by atoms with Gasteiger partial charge in [0.05, 0.1) is 16.6 Å². The minimum atomic E-state index is -0.661. The molecule has 2 heterocycles. The molecule has 0 aliphatic rings. The average molecular weight is 455 g/mol. The molecule has 0 radical (unpaired) electrons. The highest BCUT2D eigenvalue weighted by molar-refractivity contribution is 6.05. The molecule has 0 unspecified atom stereocenters. The van der Waals surface area contributed by atoms with Gasteiger partial charge in [0.25, 0.3) is 0 Å². The number of hydrogen-bond acceptors (Lipinski definition) is 4. The maximum atomic E-state index is 13.3. The molecule has 0 spiro atoms. The lowest BCUT2D eigenvalue weighted by molar-refractivity contribution is 0.0547. The molecular formula is C28H26N2O4. The number of rotatable bonds is 4. The second-order valence-corrected chi connectivity index (χ2v) is 9.25. The fraction of sp³-hybridized carbons (Fsp3) is 0.179. The normalized spacial score (nSPS) is 11.7. The Morgan fingerprint density at radius 3 is 2.53 bits per heavy atom. The van der Waals surface area contributed by atoms with Crippen molar-refractivity contribution in [2.24, 2.45) is 0 Å². The number of H-pyrrole nitrogens is 1. The Balaban J connectivity index is 1.63. The van der Waals surface area contributed by atoms with Crippen LogP contribution < -0.4 is 4.74 Å². The number of carbonyl (C=O) groups is 1. The van der Waals surface area contributed by atoms with Crippen molar-refractivity contribution in [3.05, 3.63) is 84.6 Å². The number of aromatic amines is 1. The van der Waals surface area contributed by atoms with E-state index in [4.69, 9.17) is 9.47 Å². The second-order valence-electron chi connectivity index (χ2n) is 9.25. The number of nitrogens with zero attached hydrogens (tertiary/aromatic N) is 1. The van der Waals surface area contributed by atoms with Crippen LogP contribution in [0.3, 0.4) is 0 Å². The summed E-state index contributed by atoms with van der Waals surface area (Å²) in [5, 5.41) is 12.8. The standard InChI is InChI=1S/C28H26N2O4/c1-28(2,3)34-27(32)30-23-13-12-21(33-17-18-8-5-4-6-9-18)14-20(23)15-24(30)22-11-7-10-19-16-29-26(31)25(19)22/h4-16,29,31H,17H2,1-3H3. The van der Waals surface area contributed by atoms with Crippen LogP contribution in [-0.4, -0.2) is 26.4 Å². The highest BCUT2D eigenvalue weighted by atomic mass is 16.6. The Morgan fingerprint density at radius 2 is 1.76 bits per heavy atom. The summed E-state index contributed by atoms with van der Waals surface area (Å²) in [5.74, 6) is 0.755. The first-order valence-electron chi connectivity index (χ1n) is 11.2. The minimum Gasteiger partial charge on any atom is -0.494 e. The van der Waals surface area contributed by atoms with Gasteiger partial charge in [-0.25, -0.2) is 9.36 Å². The summed E-state index contributed by atoms with van der Waals surface area (Å²) in [5.41, 5.74) is 2.47. The van der Waals surface area contributed by atoms with E-state index >= 15 is 0 Å². The van der Waals surface area contributed by atoms with Crippen molar-refractivity contribution in [1.29, 1.82) is 0 Å². The van der Waals surface area contributed by atoms with Gasteiger partial charge in [-0.05, 0) is 50.6 Å². The van der Waals surface area contributed by atoms with Gasteiger partial charge >= 0.3 is 6.09 Å². The molecule has 0 saturated carbocycles. The Kier molecular flexibility index (Phi) is 5.28. The van der Waals surface area contributed by atoms with Crippen molar-refractivity contribution in [2.45, 2.75) is 33.0 Å². The summed E-state index contributed by atoms with van der Waals surface area (Å²) in [7, 11) is 0. The summed E-state index contributed by atoms with van der Waals surface area (Å²) < 4.78 is 13.3. The monoisotopic (exact) mass is 454 g/mol. The molecule has 0 saturated heterocycles. The molecule has 6 heteroatoms. The van der Waals surface area contributed by atoms with Crippen LogP contribution >= 0.6 is 0 Å². The maximum absolute atomic E-state index is 13.3. The number of carbonyl (C=O) groups excluding carboxylic acids is 1. The summed E-state index contributed by atoms with van der Waals surface area (Å²) in [6, 6.07) is 23.2. The van der Waals surface area contributed by atoms with Crippen LogP contribution in [0, 0.1) is 0 Å². The van der Waals surface area contributed by atoms with E-state index < -0.39 is 11.7 Å². The third-order valence-corrected chi connectivity index (χ3v) is 5.57. The van der Waals surface area contributed by atoms with Crippen molar-refractivity contribution >= 4 is 27.8 Å². The fourth-order valence-electron chi connectivity index (χ4n) is 4.11. The van der Waals surface area contributed by atoms with Gasteiger partial charge in [0.15, 0.2) is 5.88 Å². The first-order valence-corrected chi connectivity index (χ1v) is 11.2. The lowest BCUT2D eigenvalue weighted by atomic mass is 10.1. The van der Waals surface area contributed by atoms with Crippen molar-refractivity contribution in [3.63, 3.8) is 0 Å². The first kappa shape index (κ1) is 21.6. The lowest BCUT2D eigenvalue weighted by Gasteiger charge is -2.21. The van der Waals surface area contributed by atoms with Gasteiger partial charge in [0.2, 0.25) is 0 Å². The highest BCUT2D eigenvalue weighted by Crippen LogP contribution is 2.38. The molecule has 0 bridgehead atoms. The summed E-state index contributed by atoms with van der Waals surface area (Å²) in [6.07, 6.45) is 1.26. The van der Waals surface area contributed by atoms with Crippen LogP contribution in [0.1, 0.15) is 26.3 Å². The third kappa shape index (κ3) is 4.10. The predicted molar refractivity (Wildman–Crippen MR) is 133 cm³/mol. The largest absolute Gasteiger partial charge is 0.494 e. The number of benzene rings is 3. The number of aromatic hydroxyl groups is 1. The van der Waals surface area contributed by atoms with Gasteiger partial charge in [-0.3, -0.25) is 0 Å². The molecule has 6 nitrogen and oxygen atoms in total. The molecule has 0 aliphatic heterocycles. The number of ether oxygens (including phenoxy) is 2. The van der Waals surface area contributed by atoms with E-state index in [9.17, 15) is 9.90 Å². The Hall–Kier alpha value is -4.19. The molecular weight excluding hydrogens is 428 g/mol. The zero-order chi connectivity index (χ0) is 23.9. The van der Waals surface area contributed by atoms with Crippen LogP contribution in [0.15, 0.2) is 79.0 Å². The van der Waals surface area contributed by atoms with E-state index in [1.807, 2.05) is 93.6 Å². The van der Waals surface area contributed by atoms with E-state index in [0.29, 0.717) is 29.0 Å². The van der Waals surface area contributed by atoms with Crippen LogP contribution in [0.25, 0.3) is 32.9 Å².